The Bertz CT molecular complexity index is 605. The highest BCUT2D eigenvalue weighted by Crippen LogP contribution is 2.27. The van der Waals surface area contributed by atoms with Crippen molar-refractivity contribution in [3.63, 3.8) is 0 Å². The van der Waals surface area contributed by atoms with Crippen LogP contribution in [0.5, 0.6) is 0 Å². The van der Waals surface area contributed by atoms with Crippen LogP contribution in [0, 0.1) is 6.92 Å². The van der Waals surface area contributed by atoms with Crippen LogP contribution in [0.3, 0.4) is 0 Å². The molecule has 0 amide bonds. The van der Waals surface area contributed by atoms with Gasteiger partial charge in [-0.05, 0) is 39.3 Å². The van der Waals surface area contributed by atoms with Gasteiger partial charge in [-0.15, -0.1) is 0 Å². The first-order valence-electron chi connectivity index (χ1n) is 7.68. The lowest BCUT2D eigenvalue weighted by molar-refractivity contribution is 0.143. The highest BCUT2D eigenvalue weighted by molar-refractivity contribution is 5.76. The molecule has 0 saturated heterocycles. The maximum Gasteiger partial charge on any atom is 0.106 e. The van der Waals surface area contributed by atoms with E-state index in [1.165, 1.54) is 0 Å². The van der Waals surface area contributed by atoms with Crippen molar-refractivity contribution >= 4 is 11.0 Å². The molecule has 2 rings (SSSR count). The topological polar surface area (TPSA) is 50.1 Å². The quantitative estimate of drug-likeness (QED) is 0.859. The first-order valence-corrected chi connectivity index (χ1v) is 7.68. The normalized spacial score (nSPS) is 16.3. The number of imidazole rings is 1. The van der Waals surface area contributed by atoms with Crippen LogP contribution in [-0.2, 0) is 0 Å². The zero-order chi connectivity index (χ0) is 15.6. The molecule has 2 atom stereocenters. The smallest absolute Gasteiger partial charge is 0.106 e. The Hall–Kier alpha value is -1.39. The monoisotopic (exact) mass is 289 g/mol. The van der Waals surface area contributed by atoms with E-state index in [0.29, 0.717) is 6.04 Å². The SMILES string of the molecule is Cc1nc2ccccc2n1C(C)CC(C)(CO)NC(C)C. The summed E-state index contributed by atoms with van der Waals surface area (Å²) in [5, 5.41) is 13.3. The Morgan fingerprint density at radius 3 is 2.57 bits per heavy atom. The predicted octanol–water partition coefficient (Wildman–Crippen LogP) is 3.04. The van der Waals surface area contributed by atoms with Crippen molar-refractivity contribution in [2.24, 2.45) is 0 Å². The third-order valence-corrected chi connectivity index (χ3v) is 3.94. The van der Waals surface area contributed by atoms with Crippen molar-refractivity contribution in [2.45, 2.75) is 58.7 Å². The van der Waals surface area contributed by atoms with Crippen LogP contribution < -0.4 is 5.32 Å². The molecule has 2 aromatic rings. The number of nitrogens with zero attached hydrogens (tertiary/aromatic N) is 2. The predicted molar refractivity (Wildman–Crippen MR) is 87.6 cm³/mol. The van der Waals surface area contributed by atoms with Crippen LogP contribution >= 0.6 is 0 Å². The van der Waals surface area contributed by atoms with E-state index >= 15 is 0 Å². The minimum atomic E-state index is -0.286. The lowest BCUT2D eigenvalue weighted by Gasteiger charge is -2.34. The summed E-state index contributed by atoms with van der Waals surface area (Å²) in [6, 6.07) is 8.82. The number of fused-ring (bicyclic) bond motifs is 1. The highest BCUT2D eigenvalue weighted by Gasteiger charge is 2.28. The molecule has 0 saturated carbocycles. The molecule has 0 aliphatic rings. The Balaban J connectivity index is 2.29. The van der Waals surface area contributed by atoms with Crippen molar-refractivity contribution in [1.82, 2.24) is 14.9 Å². The van der Waals surface area contributed by atoms with Crippen molar-refractivity contribution in [2.75, 3.05) is 6.61 Å². The van der Waals surface area contributed by atoms with Gasteiger partial charge in [0.05, 0.1) is 17.6 Å². The number of para-hydroxylation sites is 2. The van der Waals surface area contributed by atoms with Gasteiger partial charge in [-0.25, -0.2) is 4.98 Å². The zero-order valence-electron chi connectivity index (χ0n) is 13.7. The number of rotatable bonds is 6. The minimum absolute atomic E-state index is 0.126. The number of nitrogens with one attached hydrogen (secondary N) is 1. The molecule has 2 unspecified atom stereocenters. The zero-order valence-corrected chi connectivity index (χ0v) is 13.7. The Kier molecular flexibility index (Phi) is 4.69. The Morgan fingerprint density at radius 1 is 1.29 bits per heavy atom. The van der Waals surface area contributed by atoms with Crippen LogP contribution in [0.15, 0.2) is 24.3 Å². The van der Waals surface area contributed by atoms with Gasteiger partial charge in [-0.1, -0.05) is 26.0 Å². The summed E-state index contributed by atoms with van der Waals surface area (Å²) < 4.78 is 2.27. The third kappa shape index (κ3) is 3.44. The molecule has 116 valence electrons. The molecule has 4 nitrogen and oxygen atoms in total. The fourth-order valence-corrected chi connectivity index (χ4v) is 3.33. The van der Waals surface area contributed by atoms with Gasteiger partial charge < -0.3 is 15.0 Å². The fourth-order valence-electron chi connectivity index (χ4n) is 3.33. The van der Waals surface area contributed by atoms with Crippen molar-refractivity contribution in [3.8, 4) is 0 Å². The fraction of sp³-hybridized carbons (Fsp3) is 0.588. The standard InChI is InChI=1S/C17H27N3O/c1-12(2)19-17(5,11-21)10-13(3)20-14(4)18-15-8-6-7-9-16(15)20/h6-9,12-13,19,21H,10-11H2,1-5H3. The van der Waals surface area contributed by atoms with Gasteiger partial charge in [0.1, 0.15) is 5.82 Å². The van der Waals surface area contributed by atoms with Crippen LogP contribution in [0.2, 0.25) is 0 Å². The lowest BCUT2D eigenvalue weighted by Crippen LogP contribution is -2.50. The molecule has 21 heavy (non-hydrogen) atoms. The first kappa shape index (κ1) is 16.0. The number of aliphatic hydroxyl groups is 1. The average Bonchev–Trinajstić information content (AvgIpc) is 2.73. The van der Waals surface area contributed by atoms with Gasteiger partial charge in [-0.3, -0.25) is 0 Å². The Labute approximate surface area is 127 Å². The summed E-state index contributed by atoms with van der Waals surface area (Å²) in [6.07, 6.45) is 0.850. The van der Waals surface area contributed by atoms with Crippen LogP contribution in [0.1, 0.15) is 46.0 Å². The lowest BCUT2D eigenvalue weighted by atomic mass is 9.93. The minimum Gasteiger partial charge on any atom is -0.394 e. The van der Waals surface area contributed by atoms with Crippen LogP contribution in [-0.4, -0.2) is 32.8 Å². The molecule has 0 aliphatic heterocycles. The van der Waals surface area contributed by atoms with E-state index in [0.717, 1.165) is 23.3 Å². The maximum absolute atomic E-state index is 9.78. The molecule has 1 aromatic heterocycles. The second kappa shape index (κ2) is 6.16. The average molecular weight is 289 g/mol. The molecular weight excluding hydrogens is 262 g/mol. The summed E-state index contributed by atoms with van der Waals surface area (Å²) in [6.45, 7) is 10.7. The number of aliphatic hydroxyl groups excluding tert-OH is 1. The molecule has 0 fully saturated rings. The Morgan fingerprint density at radius 2 is 1.95 bits per heavy atom. The number of hydrogen-bond acceptors (Lipinski definition) is 3. The summed E-state index contributed by atoms with van der Waals surface area (Å²) in [5.74, 6) is 1.02. The number of benzene rings is 1. The maximum atomic E-state index is 9.78. The van der Waals surface area contributed by atoms with Gasteiger partial charge >= 0.3 is 0 Å². The van der Waals surface area contributed by atoms with E-state index in [1.807, 2.05) is 25.1 Å². The third-order valence-electron chi connectivity index (χ3n) is 3.94. The second-order valence-electron chi connectivity index (χ2n) is 6.59. The summed E-state index contributed by atoms with van der Waals surface area (Å²) in [4.78, 5) is 4.63. The van der Waals surface area contributed by atoms with Gasteiger partial charge in [-0.2, -0.15) is 0 Å². The number of aryl methyl sites for hydroxylation is 1. The van der Waals surface area contributed by atoms with Crippen LogP contribution in [0.4, 0.5) is 0 Å². The van der Waals surface area contributed by atoms with Crippen LogP contribution in [0.25, 0.3) is 11.0 Å². The molecule has 4 heteroatoms. The van der Waals surface area contributed by atoms with Gasteiger partial charge in [0, 0.05) is 17.6 Å². The van der Waals surface area contributed by atoms with E-state index in [9.17, 15) is 5.11 Å². The molecule has 1 aromatic carbocycles. The summed E-state index contributed by atoms with van der Waals surface area (Å²) in [5.41, 5.74) is 1.91. The summed E-state index contributed by atoms with van der Waals surface area (Å²) >= 11 is 0. The molecular formula is C17H27N3O. The second-order valence-corrected chi connectivity index (χ2v) is 6.59. The molecule has 1 heterocycles. The van der Waals surface area contributed by atoms with E-state index in [4.69, 9.17) is 0 Å². The molecule has 0 radical (unpaired) electrons. The molecule has 0 aliphatic carbocycles. The van der Waals surface area contributed by atoms with E-state index < -0.39 is 0 Å². The number of hydrogen-bond donors (Lipinski definition) is 2. The largest absolute Gasteiger partial charge is 0.394 e. The van der Waals surface area contributed by atoms with E-state index in [2.05, 4.69) is 48.6 Å². The van der Waals surface area contributed by atoms with Crippen molar-refractivity contribution in [1.29, 1.82) is 0 Å². The van der Waals surface area contributed by atoms with E-state index in [1.54, 1.807) is 0 Å². The van der Waals surface area contributed by atoms with E-state index in [-0.39, 0.29) is 18.2 Å². The first-order chi connectivity index (χ1) is 9.86. The molecule has 2 N–H and O–H groups in total. The highest BCUT2D eigenvalue weighted by atomic mass is 16.3. The van der Waals surface area contributed by atoms with Crippen molar-refractivity contribution < 1.29 is 5.11 Å². The summed E-state index contributed by atoms with van der Waals surface area (Å²) in [7, 11) is 0. The van der Waals surface area contributed by atoms with Gasteiger partial charge in [0.15, 0.2) is 0 Å². The van der Waals surface area contributed by atoms with Gasteiger partial charge in [0.25, 0.3) is 0 Å². The molecule has 0 bridgehead atoms. The number of aromatic nitrogens is 2. The van der Waals surface area contributed by atoms with Crippen molar-refractivity contribution in [3.05, 3.63) is 30.1 Å². The molecule has 0 spiro atoms. The van der Waals surface area contributed by atoms with Gasteiger partial charge in [0.2, 0.25) is 0 Å².